The van der Waals surface area contributed by atoms with Crippen LogP contribution in [0.4, 0.5) is 0 Å². The van der Waals surface area contributed by atoms with Gasteiger partial charge in [0.1, 0.15) is 0 Å². The first-order valence-electron chi connectivity index (χ1n) is 6.45. The Morgan fingerprint density at radius 2 is 1.56 bits per heavy atom. The van der Waals surface area contributed by atoms with E-state index in [2.05, 4.69) is 34.9 Å². The molecule has 2 saturated heterocycles. The lowest BCUT2D eigenvalue weighted by Gasteiger charge is -2.29. The van der Waals surface area contributed by atoms with Gasteiger partial charge in [-0.15, -0.1) is 0 Å². The molecule has 2 nitrogen and oxygen atoms in total. The Balaban J connectivity index is 1.77. The van der Waals surface area contributed by atoms with Crippen molar-refractivity contribution in [2.24, 2.45) is 0 Å². The molecule has 0 spiro atoms. The van der Waals surface area contributed by atoms with Gasteiger partial charge in [-0.1, -0.05) is 24.3 Å². The number of nitrogens with one attached hydrogen (secondary N) is 2. The van der Waals surface area contributed by atoms with Crippen LogP contribution >= 0.6 is 0 Å². The first kappa shape index (κ1) is 10.3. The lowest BCUT2D eigenvalue weighted by molar-refractivity contribution is 0.443. The second-order valence-electron chi connectivity index (χ2n) is 5.05. The summed E-state index contributed by atoms with van der Waals surface area (Å²) < 4.78 is 0. The Morgan fingerprint density at radius 3 is 2.19 bits per heavy atom. The van der Waals surface area contributed by atoms with Crippen LogP contribution in [0, 0.1) is 0 Å². The van der Waals surface area contributed by atoms with E-state index in [9.17, 15) is 0 Å². The van der Waals surface area contributed by atoms with Gasteiger partial charge in [0.25, 0.3) is 0 Å². The van der Waals surface area contributed by atoms with Crippen LogP contribution < -0.4 is 10.6 Å². The van der Waals surface area contributed by atoms with Crippen LogP contribution in [0.15, 0.2) is 24.3 Å². The summed E-state index contributed by atoms with van der Waals surface area (Å²) in [5.74, 6) is 1.55. The molecule has 2 aliphatic heterocycles. The summed E-state index contributed by atoms with van der Waals surface area (Å²) in [5.41, 5.74) is 3.10. The van der Waals surface area contributed by atoms with Gasteiger partial charge in [-0.25, -0.2) is 0 Å². The molecular formula is C14H20N2. The maximum absolute atomic E-state index is 3.43. The predicted octanol–water partition coefficient (Wildman–Crippen LogP) is 1.84. The third-order valence-electron chi connectivity index (χ3n) is 3.97. The normalized spacial score (nSPS) is 23.0. The van der Waals surface area contributed by atoms with E-state index < -0.39 is 0 Å². The first-order chi connectivity index (χ1) is 7.93. The van der Waals surface area contributed by atoms with E-state index in [4.69, 9.17) is 0 Å². The monoisotopic (exact) mass is 216 g/mol. The van der Waals surface area contributed by atoms with Crippen molar-refractivity contribution >= 4 is 0 Å². The van der Waals surface area contributed by atoms with Crippen LogP contribution in [0.5, 0.6) is 0 Å². The topological polar surface area (TPSA) is 24.1 Å². The Morgan fingerprint density at radius 1 is 0.875 bits per heavy atom. The molecule has 1 aromatic rings. The van der Waals surface area contributed by atoms with Crippen molar-refractivity contribution < 1.29 is 0 Å². The van der Waals surface area contributed by atoms with Gasteiger partial charge >= 0.3 is 0 Å². The highest BCUT2D eigenvalue weighted by Gasteiger charge is 2.20. The molecule has 3 rings (SSSR count). The van der Waals surface area contributed by atoms with Gasteiger partial charge in [-0.2, -0.15) is 0 Å². The molecule has 86 valence electrons. The zero-order valence-electron chi connectivity index (χ0n) is 9.71. The second-order valence-corrected chi connectivity index (χ2v) is 5.05. The molecule has 0 aromatic heterocycles. The van der Waals surface area contributed by atoms with Crippen molar-refractivity contribution in [2.75, 3.05) is 26.2 Å². The minimum absolute atomic E-state index is 0.765. The van der Waals surface area contributed by atoms with Crippen molar-refractivity contribution in [1.82, 2.24) is 10.6 Å². The standard InChI is InChI=1S/C14H20N2/c1-2-12(11-4-6-15-7-5-11)8-13(3-1)14-9-16-10-14/h1-3,8,11,14-16H,4-7,9-10H2. The predicted molar refractivity (Wildman–Crippen MR) is 66.9 cm³/mol. The molecule has 1 aromatic carbocycles. The highest BCUT2D eigenvalue weighted by Crippen LogP contribution is 2.28. The third kappa shape index (κ3) is 2.00. The average Bonchev–Trinajstić information content (AvgIpc) is 2.28. The van der Waals surface area contributed by atoms with Crippen molar-refractivity contribution in [3.05, 3.63) is 35.4 Å². The highest BCUT2D eigenvalue weighted by atomic mass is 14.9. The summed E-state index contributed by atoms with van der Waals surface area (Å²) in [5, 5.41) is 6.78. The molecular weight excluding hydrogens is 196 g/mol. The molecule has 2 aliphatic rings. The Kier molecular flexibility index (Phi) is 2.94. The van der Waals surface area contributed by atoms with E-state index in [1.807, 2.05) is 0 Å². The minimum Gasteiger partial charge on any atom is -0.317 e. The SMILES string of the molecule is c1cc(C2CCNCC2)cc(C2CNC2)c1. The van der Waals surface area contributed by atoms with Crippen LogP contribution in [-0.4, -0.2) is 26.2 Å². The third-order valence-corrected chi connectivity index (χ3v) is 3.97. The summed E-state index contributed by atoms with van der Waals surface area (Å²) in [4.78, 5) is 0. The highest BCUT2D eigenvalue weighted by molar-refractivity contribution is 5.30. The van der Waals surface area contributed by atoms with E-state index in [0.717, 1.165) is 24.9 Å². The molecule has 0 unspecified atom stereocenters. The van der Waals surface area contributed by atoms with Crippen LogP contribution in [-0.2, 0) is 0 Å². The molecule has 0 amide bonds. The Bertz CT molecular complexity index is 352. The first-order valence-corrected chi connectivity index (χ1v) is 6.45. The summed E-state index contributed by atoms with van der Waals surface area (Å²) >= 11 is 0. The molecule has 2 heteroatoms. The smallest absolute Gasteiger partial charge is 0.00886 e. The molecule has 0 aliphatic carbocycles. The van der Waals surface area contributed by atoms with Crippen molar-refractivity contribution in [1.29, 1.82) is 0 Å². The van der Waals surface area contributed by atoms with Gasteiger partial charge in [0.05, 0.1) is 0 Å². The molecule has 2 N–H and O–H groups in total. The number of rotatable bonds is 2. The van der Waals surface area contributed by atoms with Crippen LogP contribution in [0.3, 0.4) is 0 Å². The van der Waals surface area contributed by atoms with Gasteiger partial charge in [0, 0.05) is 19.0 Å². The van der Waals surface area contributed by atoms with E-state index >= 15 is 0 Å². The van der Waals surface area contributed by atoms with Crippen LogP contribution in [0.1, 0.15) is 35.8 Å². The van der Waals surface area contributed by atoms with Gasteiger partial charge < -0.3 is 10.6 Å². The van der Waals surface area contributed by atoms with E-state index in [-0.39, 0.29) is 0 Å². The van der Waals surface area contributed by atoms with E-state index in [1.165, 1.54) is 31.5 Å². The largest absolute Gasteiger partial charge is 0.317 e. The lowest BCUT2D eigenvalue weighted by atomic mass is 9.86. The molecule has 0 bridgehead atoms. The van der Waals surface area contributed by atoms with Gasteiger partial charge in [-0.3, -0.25) is 0 Å². The zero-order valence-corrected chi connectivity index (χ0v) is 9.71. The second kappa shape index (κ2) is 4.56. The van der Waals surface area contributed by atoms with Gasteiger partial charge in [0.2, 0.25) is 0 Å². The molecule has 16 heavy (non-hydrogen) atoms. The molecule has 2 heterocycles. The fourth-order valence-electron chi connectivity index (χ4n) is 2.75. The van der Waals surface area contributed by atoms with Crippen LogP contribution in [0.25, 0.3) is 0 Å². The summed E-state index contributed by atoms with van der Waals surface area (Å²) in [6, 6.07) is 9.29. The minimum atomic E-state index is 0.765. The number of hydrogen-bond donors (Lipinski definition) is 2. The van der Waals surface area contributed by atoms with E-state index in [0.29, 0.717) is 0 Å². The van der Waals surface area contributed by atoms with Gasteiger partial charge in [-0.05, 0) is 43.0 Å². The Hall–Kier alpha value is -0.860. The molecule has 0 atom stereocenters. The van der Waals surface area contributed by atoms with E-state index in [1.54, 1.807) is 5.56 Å². The van der Waals surface area contributed by atoms with Crippen LogP contribution in [0.2, 0.25) is 0 Å². The fourth-order valence-corrected chi connectivity index (χ4v) is 2.75. The summed E-state index contributed by atoms with van der Waals surface area (Å²) in [6.45, 7) is 4.69. The number of benzene rings is 1. The maximum Gasteiger partial charge on any atom is 0.00886 e. The van der Waals surface area contributed by atoms with Crippen molar-refractivity contribution in [3.8, 4) is 0 Å². The molecule has 0 saturated carbocycles. The van der Waals surface area contributed by atoms with Crippen molar-refractivity contribution in [3.63, 3.8) is 0 Å². The van der Waals surface area contributed by atoms with Crippen molar-refractivity contribution in [2.45, 2.75) is 24.7 Å². The van der Waals surface area contributed by atoms with Gasteiger partial charge in [0.15, 0.2) is 0 Å². The lowest BCUT2D eigenvalue weighted by Crippen LogP contribution is -2.39. The zero-order chi connectivity index (χ0) is 10.8. The quantitative estimate of drug-likeness (QED) is 0.788. The maximum atomic E-state index is 3.43. The fraction of sp³-hybridized carbons (Fsp3) is 0.571. The number of piperidine rings is 1. The number of hydrogen-bond acceptors (Lipinski definition) is 2. The Labute approximate surface area is 97.4 Å². The molecule has 0 radical (unpaired) electrons. The summed E-state index contributed by atoms with van der Waals surface area (Å²) in [6.07, 6.45) is 2.60. The molecule has 2 fully saturated rings. The average molecular weight is 216 g/mol. The summed E-state index contributed by atoms with van der Waals surface area (Å²) in [7, 11) is 0.